The van der Waals surface area contributed by atoms with E-state index in [1.165, 1.54) is 4.90 Å². The number of amides is 2. The fraction of sp³-hybridized carbons (Fsp3) is 0.125. The minimum atomic E-state index is -0.504. The molecule has 0 unspecified atom stereocenters. The molecule has 66 valence electrons. The molecule has 5 nitrogen and oxygen atoms in total. The van der Waals surface area contributed by atoms with Gasteiger partial charge in [0.25, 0.3) is 0 Å². The van der Waals surface area contributed by atoms with E-state index in [4.69, 9.17) is 5.73 Å². The van der Waals surface area contributed by atoms with Gasteiger partial charge in [-0.05, 0) is 12.2 Å². The maximum Gasteiger partial charge on any atom is 0.320 e. The van der Waals surface area contributed by atoms with E-state index in [0.717, 1.165) is 5.71 Å². The molecule has 2 aliphatic rings. The van der Waals surface area contributed by atoms with Crippen molar-refractivity contribution in [1.82, 2.24) is 4.90 Å². The molecule has 2 N–H and O–H groups in total. The first-order valence-electron chi connectivity index (χ1n) is 3.81. The van der Waals surface area contributed by atoms with E-state index in [1.54, 1.807) is 24.6 Å². The highest BCUT2D eigenvalue weighted by atomic mass is 16.2. The maximum atomic E-state index is 10.9. The molecule has 0 spiro atoms. The fourth-order valence-electron chi connectivity index (χ4n) is 1.20. The van der Waals surface area contributed by atoms with Crippen LogP contribution < -0.4 is 5.73 Å². The summed E-state index contributed by atoms with van der Waals surface area (Å²) in [5, 5.41) is 0. The van der Waals surface area contributed by atoms with Crippen molar-refractivity contribution < 1.29 is 4.79 Å². The van der Waals surface area contributed by atoms with Gasteiger partial charge in [-0.3, -0.25) is 14.9 Å². The Morgan fingerprint density at radius 1 is 1.62 bits per heavy atom. The highest BCUT2D eigenvalue weighted by molar-refractivity contribution is 6.13. The molecule has 2 amide bonds. The van der Waals surface area contributed by atoms with Crippen molar-refractivity contribution in [3.8, 4) is 0 Å². The fourth-order valence-corrected chi connectivity index (χ4v) is 1.20. The van der Waals surface area contributed by atoms with Gasteiger partial charge in [-0.15, -0.1) is 0 Å². The van der Waals surface area contributed by atoms with Crippen molar-refractivity contribution in [3.05, 3.63) is 24.0 Å². The van der Waals surface area contributed by atoms with Gasteiger partial charge in [-0.1, -0.05) is 0 Å². The van der Waals surface area contributed by atoms with Gasteiger partial charge >= 0.3 is 6.03 Å². The number of hydrogen-bond donors (Lipinski definition) is 1. The quantitative estimate of drug-likeness (QED) is 0.565. The third-order valence-corrected chi connectivity index (χ3v) is 1.82. The monoisotopic (exact) mass is 176 g/mol. The molecule has 0 aliphatic carbocycles. The molecular formula is C8H8N4O. The SMILES string of the molecule is NC(=O)N1CN=C2C=CC=NC=C21. The summed E-state index contributed by atoms with van der Waals surface area (Å²) in [7, 11) is 0. The molecule has 0 atom stereocenters. The molecule has 0 saturated heterocycles. The summed E-state index contributed by atoms with van der Waals surface area (Å²) in [6, 6.07) is -0.504. The normalized spacial score (nSPS) is 19.2. The molecule has 0 fully saturated rings. The second-order valence-corrected chi connectivity index (χ2v) is 2.62. The summed E-state index contributed by atoms with van der Waals surface area (Å²) < 4.78 is 0. The molecule has 13 heavy (non-hydrogen) atoms. The van der Waals surface area contributed by atoms with Crippen LogP contribution in [0.4, 0.5) is 4.79 Å². The van der Waals surface area contributed by atoms with Gasteiger partial charge in [-0.25, -0.2) is 4.79 Å². The Bertz CT molecular complexity index is 364. The molecule has 0 radical (unpaired) electrons. The number of carbonyl (C=O) groups is 1. The van der Waals surface area contributed by atoms with Crippen LogP contribution in [0.2, 0.25) is 0 Å². The lowest BCUT2D eigenvalue weighted by atomic mass is 10.2. The topological polar surface area (TPSA) is 71.1 Å². The Labute approximate surface area is 75.0 Å². The number of aliphatic imine (C=N–C) groups is 2. The molecule has 0 aromatic rings. The average molecular weight is 176 g/mol. The zero-order valence-electron chi connectivity index (χ0n) is 6.84. The lowest BCUT2D eigenvalue weighted by molar-refractivity contribution is 0.225. The van der Waals surface area contributed by atoms with Crippen molar-refractivity contribution in [1.29, 1.82) is 0 Å². The summed E-state index contributed by atoms with van der Waals surface area (Å²) in [6.07, 6.45) is 6.78. The van der Waals surface area contributed by atoms with Gasteiger partial charge in [0, 0.05) is 6.21 Å². The van der Waals surface area contributed by atoms with Crippen molar-refractivity contribution in [2.45, 2.75) is 0 Å². The van der Waals surface area contributed by atoms with Gasteiger partial charge in [0.05, 0.1) is 17.6 Å². The number of hydrogen-bond acceptors (Lipinski definition) is 3. The number of nitrogens with two attached hydrogens (primary N) is 1. The summed E-state index contributed by atoms with van der Waals surface area (Å²) in [5.74, 6) is 0. The van der Waals surface area contributed by atoms with E-state index in [-0.39, 0.29) is 6.67 Å². The van der Waals surface area contributed by atoms with Crippen LogP contribution in [0.1, 0.15) is 0 Å². The van der Waals surface area contributed by atoms with Gasteiger partial charge in [0.1, 0.15) is 6.67 Å². The van der Waals surface area contributed by atoms with Crippen LogP contribution >= 0.6 is 0 Å². The number of carbonyl (C=O) groups excluding carboxylic acids is 1. The Hall–Kier alpha value is -1.91. The molecule has 0 aromatic carbocycles. The molecule has 2 heterocycles. The van der Waals surface area contributed by atoms with Crippen LogP contribution in [0.15, 0.2) is 34.0 Å². The van der Waals surface area contributed by atoms with Gasteiger partial charge in [-0.2, -0.15) is 0 Å². The largest absolute Gasteiger partial charge is 0.351 e. The molecule has 0 bridgehead atoms. The van der Waals surface area contributed by atoms with E-state index >= 15 is 0 Å². The number of allylic oxidation sites excluding steroid dienone is 2. The van der Waals surface area contributed by atoms with Crippen LogP contribution in [-0.4, -0.2) is 29.5 Å². The Kier molecular flexibility index (Phi) is 1.70. The first kappa shape index (κ1) is 7.72. The van der Waals surface area contributed by atoms with Crippen molar-refractivity contribution in [3.63, 3.8) is 0 Å². The zero-order chi connectivity index (χ0) is 9.26. The molecule has 2 aliphatic heterocycles. The number of nitrogens with zero attached hydrogens (tertiary/aromatic N) is 3. The third-order valence-electron chi connectivity index (χ3n) is 1.82. The number of fused-ring (bicyclic) bond motifs is 1. The van der Waals surface area contributed by atoms with Gasteiger partial charge in [0.15, 0.2) is 0 Å². The third kappa shape index (κ3) is 1.24. The Balaban J connectivity index is 2.36. The number of urea groups is 1. The average Bonchev–Trinajstić information content (AvgIpc) is 2.36. The summed E-state index contributed by atoms with van der Waals surface area (Å²) in [5.41, 5.74) is 6.56. The Morgan fingerprint density at radius 3 is 3.23 bits per heavy atom. The van der Waals surface area contributed by atoms with E-state index in [2.05, 4.69) is 9.98 Å². The molecular weight excluding hydrogens is 168 g/mol. The van der Waals surface area contributed by atoms with E-state index < -0.39 is 6.03 Å². The first-order chi connectivity index (χ1) is 6.29. The second kappa shape index (κ2) is 2.85. The van der Waals surface area contributed by atoms with E-state index in [9.17, 15) is 4.79 Å². The first-order valence-corrected chi connectivity index (χ1v) is 3.81. The van der Waals surface area contributed by atoms with E-state index in [0.29, 0.717) is 5.70 Å². The highest BCUT2D eigenvalue weighted by Gasteiger charge is 2.23. The van der Waals surface area contributed by atoms with Crippen molar-refractivity contribution >= 4 is 18.0 Å². The predicted octanol–water partition coefficient (Wildman–Crippen LogP) is 0.261. The molecule has 0 saturated carbocycles. The minimum Gasteiger partial charge on any atom is -0.351 e. The van der Waals surface area contributed by atoms with Crippen LogP contribution in [0.3, 0.4) is 0 Å². The number of primary amides is 1. The van der Waals surface area contributed by atoms with Crippen LogP contribution in [0.5, 0.6) is 0 Å². The molecule has 2 rings (SSSR count). The zero-order valence-corrected chi connectivity index (χ0v) is 6.84. The second-order valence-electron chi connectivity index (χ2n) is 2.62. The molecule has 5 heteroatoms. The lowest BCUT2D eigenvalue weighted by Gasteiger charge is -2.12. The maximum absolute atomic E-state index is 10.9. The summed E-state index contributed by atoms with van der Waals surface area (Å²) in [6.45, 7) is 0.288. The van der Waals surface area contributed by atoms with E-state index in [1.807, 2.05) is 0 Å². The lowest BCUT2D eigenvalue weighted by Crippen LogP contribution is -2.33. The predicted molar refractivity (Wildman–Crippen MR) is 49.4 cm³/mol. The Morgan fingerprint density at radius 2 is 2.46 bits per heavy atom. The van der Waals surface area contributed by atoms with Crippen molar-refractivity contribution in [2.75, 3.05) is 6.67 Å². The van der Waals surface area contributed by atoms with Crippen LogP contribution in [-0.2, 0) is 0 Å². The van der Waals surface area contributed by atoms with Crippen LogP contribution in [0.25, 0.3) is 0 Å². The standard InChI is InChI=1S/C8H8N4O/c9-8(13)12-5-11-6-2-1-3-10-4-7(6)12/h1-4H,5H2,(H2,9,13). The summed E-state index contributed by atoms with van der Waals surface area (Å²) >= 11 is 0. The van der Waals surface area contributed by atoms with Gasteiger partial charge < -0.3 is 5.73 Å². The van der Waals surface area contributed by atoms with Crippen molar-refractivity contribution in [2.24, 2.45) is 15.7 Å². The minimum absolute atomic E-state index is 0.288. The van der Waals surface area contributed by atoms with Gasteiger partial charge in [0.2, 0.25) is 0 Å². The summed E-state index contributed by atoms with van der Waals surface area (Å²) in [4.78, 5) is 20.4. The number of rotatable bonds is 0. The van der Waals surface area contributed by atoms with Crippen LogP contribution in [0, 0.1) is 0 Å². The smallest absolute Gasteiger partial charge is 0.320 e. The molecule has 0 aromatic heterocycles. The highest BCUT2D eigenvalue weighted by Crippen LogP contribution is 2.16.